The molecule has 0 aromatic heterocycles. The third-order valence-electron chi connectivity index (χ3n) is 5.05. The minimum Gasteiger partial charge on any atom is -0.348 e. The Labute approximate surface area is 185 Å². The van der Waals surface area contributed by atoms with Crippen LogP contribution >= 0.6 is 11.6 Å². The maximum absolute atomic E-state index is 13.2. The number of hydrogen-bond donors (Lipinski definition) is 2. The fourth-order valence-electron chi connectivity index (χ4n) is 3.51. The Morgan fingerprint density at radius 3 is 2.55 bits per heavy atom. The van der Waals surface area contributed by atoms with E-state index < -0.39 is 27.7 Å². The van der Waals surface area contributed by atoms with Gasteiger partial charge in [-0.15, -0.1) is 0 Å². The number of benzene rings is 2. The van der Waals surface area contributed by atoms with Crippen molar-refractivity contribution in [1.29, 1.82) is 0 Å². The van der Waals surface area contributed by atoms with E-state index in [0.717, 1.165) is 18.9 Å². The van der Waals surface area contributed by atoms with Crippen LogP contribution in [-0.2, 0) is 19.6 Å². The van der Waals surface area contributed by atoms with Gasteiger partial charge in [-0.2, -0.15) is 4.31 Å². The van der Waals surface area contributed by atoms with Crippen molar-refractivity contribution in [3.8, 4) is 0 Å². The average molecular weight is 468 g/mol. The summed E-state index contributed by atoms with van der Waals surface area (Å²) in [4.78, 5) is 24.2. The molecule has 1 saturated heterocycles. The molecular weight excluding hydrogens is 445 g/mol. The van der Waals surface area contributed by atoms with Gasteiger partial charge in [-0.1, -0.05) is 24.1 Å². The zero-order valence-corrected chi connectivity index (χ0v) is 18.3. The molecule has 2 aromatic rings. The Morgan fingerprint density at radius 1 is 1.10 bits per heavy atom. The smallest absolute Gasteiger partial charge is 0.313 e. The number of piperidine rings is 1. The van der Waals surface area contributed by atoms with E-state index in [9.17, 15) is 22.4 Å². The summed E-state index contributed by atoms with van der Waals surface area (Å²) in [7, 11) is -3.69. The summed E-state index contributed by atoms with van der Waals surface area (Å²) in [6.45, 7) is 0.524. The second kappa shape index (κ2) is 10.2. The van der Waals surface area contributed by atoms with Crippen LogP contribution in [0.1, 0.15) is 25.7 Å². The molecule has 0 spiro atoms. The lowest BCUT2D eigenvalue weighted by Crippen LogP contribution is -2.45. The normalized spacial score (nSPS) is 17.2. The van der Waals surface area contributed by atoms with Crippen LogP contribution in [0.25, 0.3) is 0 Å². The van der Waals surface area contributed by atoms with Crippen molar-refractivity contribution in [2.75, 3.05) is 18.4 Å². The van der Waals surface area contributed by atoms with Gasteiger partial charge in [0.25, 0.3) is 0 Å². The summed E-state index contributed by atoms with van der Waals surface area (Å²) in [5.74, 6) is -2.32. The van der Waals surface area contributed by atoms with E-state index in [1.54, 1.807) is 0 Å². The van der Waals surface area contributed by atoms with E-state index in [1.807, 2.05) is 0 Å². The molecule has 31 heavy (non-hydrogen) atoms. The number of nitrogens with one attached hydrogen (secondary N) is 2. The number of amides is 2. The van der Waals surface area contributed by atoms with Gasteiger partial charge in [-0.25, -0.2) is 12.8 Å². The highest BCUT2D eigenvalue weighted by atomic mass is 35.5. The van der Waals surface area contributed by atoms with Crippen molar-refractivity contribution in [2.45, 2.75) is 36.6 Å². The molecule has 2 aromatic carbocycles. The SMILES string of the molecule is O=C(NCCC1CCCCN1S(=O)(=O)c1ccc(Cl)cc1)C(=O)Nc1cccc(F)c1. The Bertz CT molecular complexity index is 1050. The van der Waals surface area contributed by atoms with Crippen molar-refractivity contribution in [3.05, 3.63) is 59.4 Å². The van der Waals surface area contributed by atoms with Crippen molar-refractivity contribution < 1.29 is 22.4 Å². The first-order chi connectivity index (χ1) is 14.8. The minimum absolute atomic E-state index is 0.132. The summed E-state index contributed by atoms with van der Waals surface area (Å²) in [5, 5.41) is 5.27. The van der Waals surface area contributed by atoms with Crippen LogP contribution in [0.15, 0.2) is 53.4 Å². The molecule has 1 heterocycles. The molecule has 2 amide bonds. The van der Waals surface area contributed by atoms with Gasteiger partial charge in [0, 0.05) is 29.8 Å². The molecule has 1 fully saturated rings. The summed E-state index contributed by atoms with van der Waals surface area (Å²) in [6.07, 6.45) is 2.67. The van der Waals surface area contributed by atoms with Crippen LogP contribution in [0, 0.1) is 5.82 Å². The fourth-order valence-corrected chi connectivity index (χ4v) is 5.36. The molecule has 2 N–H and O–H groups in total. The lowest BCUT2D eigenvalue weighted by atomic mass is 10.0. The molecular formula is C21H23ClFN3O4S. The lowest BCUT2D eigenvalue weighted by Gasteiger charge is -2.34. The number of carbonyl (C=O) groups excluding carboxylic acids is 2. The van der Waals surface area contributed by atoms with E-state index in [0.29, 0.717) is 24.4 Å². The topological polar surface area (TPSA) is 95.6 Å². The zero-order chi connectivity index (χ0) is 22.4. The van der Waals surface area contributed by atoms with Crippen molar-refractivity contribution >= 4 is 39.1 Å². The second-order valence-electron chi connectivity index (χ2n) is 7.23. The van der Waals surface area contributed by atoms with E-state index in [2.05, 4.69) is 10.6 Å². The fraction of sp³-hybridized carbons (Fsp3) is 0.333. The monoisotopic (exact) mass is 467 g/mol. The molecule has 0 saturated carbocycles. The van der Waals surface area contributed by atoms with Crippen LogP contribution < -0.4 is 10.6 Å². The Kier molecular flexibility index (Phi) is 7.64. The van der Waals surface area contributed by atoms with E-state index in [-0.39, 0.29) is 23.2 Å². The predicted molar refractivity (Wildman–Crippen MR) is 116 cm³/mol. The summed E-state index contributed by atoms with van der Waals surface area (Å²) >= 11 is 5.86. The number of rotatable bonds is 6. The van der Waals surface area contributed by atoms with E-state index in [4.69, 9.17) is 11.6 Å². The Hall–Kier alpha value is -2.49. The van der Waals surface area contributed by atoms with E-state index in [1.165, 1.54) is 46.8 Å². The predicted octanol–water partition coefficient (Wildman–Crippen LogP) is 3.17. The zero-order valence-electron chi connectivity index (χ0n) is 16.7. The Balaban J connectivity index is 1.57. The highest BCUT2D eigenvalue weighted by molar-refractivity contribution is 7.89. The number of nitrogens with zero attached hydrogens (tertiary/aromatic N) is 1. The third-order valence-corrected chi connectivity index (χ3v) is 7.26. The molecule has 1 atom stereocenters. The van der Waals surface area contributed by atoms with Gasteiger partial charge >= 0.3 is 11.8 Å². The maximum Gasteiger partial charge on any atom is 0.313 e. The first-order valence-corrected chi connectivity index (χ1v) is 11.7. The number of sulfonamides is 1. The van der Waals surface area contributed by atoms with Crippen LogP contribution in [-0.4, -0.2) is 43.7 Å². The van der Waals surface area contributed by atoms with Crippen LogP contribution in [0.4, 0.5) is 10.1 Å². The standard InChI is InChI=1S/C21H23ClFN3O4S/c22-15-7-9-19(10-8-15)31(29,30)26-13-2-1-6-18(26)11-12-24-20(27)21(28)25-17-5-3-4-16(23)14-17/h3-5,7-10,14,18H,1-2,6,11-13H2,(H,24,27)(H,25,28). The number of carbonyl (C=O) groups is 2. The molecule has 10 heteroatoms. The molecule has 3 rings (SSSR count). The van der Waals surface area contributed by atoms with Gasteiger partial charge in [0.2, 0.25) is 10.0 Å². The number of anilines is 1. The van der Waals surface area contributed by atoms with Gasteiger partial charge in [0.1, 0.15) is 5.82 Å². The highest BCUT2D eigenvalue weighted by Gasteiger charge is 2.33. The van der Waals surface area contributed by atoms with E-state index >= 15 is 0 Å². The molecule has 0 radical (unpaired) electrons. The van der Waals surface area contributed by atoms with Gasteiger partial charge in [-0.05, 0) is 61.7 Å². The molecule has 0 bridgehead atoms. The van der Waals surface area contributed by atoms with Crippen LogP contribution in [0.2, 0.25) is 5.02 Å². The van der Waals surface area contributed by atoms with Gasteiger partial charge in [0.15, 0.2) is 0 Å². The molecule has 166 valence electrons. The molecule has 7 nitrogen and oxygen atoms in total. The number of halogens is 2. The quantitative estimate of drug-likeness (QED) is 0.638. The molecule has 1 aliphatic rings. The molecule has 0 aliphatic carbocycles. The average Bonchev–Trinajstić information content (AvgIpc) is 2.74. The van der Waals surface area contributed by atoms with Crippen molar-refractivity contribution in [2.24, 2.45) is 0 Å². The number of hydrogen-bond acceptors (Lipinski definition) is 4. The van der Waals surface area contributed by atoms with Gasteiger partial charge in [-0.3, -0.25) is 9.59 Å². The summed E-state index contributed by atoms with van der Waals surface area (Å²) in [6, 6.07) is 10.9. The summed E-state index contributed by atoms with van der Waals surface area (Å²) in [5.41, 5.74) is 0.174. The maximum atomic E-state index is 13.2. The second-order valence-corrected chi connectivity index (χ2v) is 9.56. The molecule has 1 unspecified atom stereocenters. The van der Waals surface area contributed by atoms with Crippen LogP contribution in [0.3, 0.4) is 0 Å². The van der Waals surface area contributed by atoms with Crippen molar-refractivity contribution in [1.82, 2.24) is 9.62 Å². The first-order valence-electron chi connectivity index (χ1n) is 9.89. The van der Waals surface area contributed by atoms with Gasteiger partial charge in [0.05, 0.1) is 4.90 Å². The van der Waals surface area contributed by atoms with Crippen LogP contribution in [0.5, 0.6) is 0 Å². The largest absolute Gasteiger partial charge is 0.348 e. The van der Waals surface area contributed by atoms with Crippen molar-refractivity contribution in [3.63, 3.8) is 0 Å². The summed E-state index contributed by atoms with van der Waals surface area (Å²) < 4.78 is 40.7. The highest BCUT2D eigenvalue weighted by Crippen LogP contribution is 2.27. The lowest BCUT2D eigenvalue weighted by molar-refractivity contribution is -0.136. The molecule has 1 aliphatic heterocycles. The van der Waals surface area contributed by atoms with Gasteiger partial charge < -0.3 is 10.6 Å². The minimum atomic E-state index is -3.69. The Morgan fingerprint density at radius 2 is 1.84 bits per heavy atom. The first kappa shape index (κ1) is 23.2. The third kappa shape index (κ3) is 6.03.